The number of hydrogen-bond donors (Lipinski definition) is 1. The van der Waals surface area contributed by atoms with E-state index in [-0.39, 0.29) is 16.7 Å². The fourth-order valence-electron chi connectivity index (χ4n) is 5.15. The summed E-state index contributed by atoms with van der Waals surface area (Å²) < 4.78 is 34.9. The smallest absolute Gasteiger partial charge is 0.496 e. The molecular formula is C35H40BF2N3O2. The molecule has 224 valence electrons. The van der Waals surface area contributed by atoms with Gasteiger partial charge in [-0.25, -0.2) is 4.99 Å². The molecule has 1 aliphatic heterocycles. The van der Waals surface area contributed by atoms with Crippen LogP contribution in [0.1, 0.15) is 83.3 Å². The predicted octanol–water partition coefficient (Wildman–Crippen LogP) is 8.70. The van der Waals surface area contributed by atoms with Gasteiger partial charge in [0.15, 0.2) is 0 Å². The summed E-state index contributed by atoms with van der Waals surface area (Å²) in [5, 5.41) is 2.75. The van der Waals surface area contributed by atoms with E-state index in [1.807, 2.05) is 37.3 Å². The largest absolute Gasteiger partial charge is 0.677 e. The zero-order chi connectivity index (χ0) is 31.7. The lowest BCUT2D eigenvalue weighted by molar-refractivity contribution is -0.114. The topological polar surface area (TPSA) is 55.6 Å². The Morgan fingerprint density at radius 2 is 1.67 bits per heavy atom. The number of allylic oxidation sites excluding steroid dienone is 3. The molecule has 2 aromatic carbocycles. The number of rotatable bonds is 7. The maximum absolute atomic E-state index is 14.0. The average molecular weight is 584 g/mol. The van der Waals surface area contributed by atoms with Crippen molar-refractivity contribution in [2.75, 3.05) is 12.4 Å². The third-order valence-corrected chi connectivity index (χ3v) is 7.38. The lowest BCUT2D eigenvalue weighted by atomic mass is 9.79. The van der Waals surface area contributed by atoms with E-state index in [1.54, 1.807) is 31.4 Å². The number of hydrogen-bond acceptors (Lipinski definition) is 3. The predicted molar refractivity (Wildman–Crippen MR) is 175 cm³/mol. The molecule has 1 N–H and O–H groups in total. The average Bonchev–Trinajstić information content (AvgIpc) is 3.54. The van der Waals surface area contributed by atoms with Gasteiger partial charge in [0, 0.05) is 35.0 Å². The molecule has 0 unspecified atom stereocenters. The SMILES string of the molecule is COc1c(/C=C/C2=NC(=C(/c3ccc(NC(C)=O)cc3)c3cccn3B(F)F)/C(C)=C2)cc(C(C)(C)C)cc1C(C)(C)C. The first-order chi connectivity index (χ1) is 20.1. The highest BCUT2D eigenvalue weighted by molar-refractivity contribution is 6.41. The second kappa shape index (κ2) is 12.2. The van der Waals surface area contributed by atoms with Crippen LogP contribution in [-0.4, -0.2) is 30.6 Å². The van der Waals surface area contributed by atoms with Gasteiger partial charge in [-0.2, -0.15) is 0 Å². The number of amides is 1. The number of carbonyl (C=O) groups excluding carboxylic acids is 1. The number of nitrogens with zero attached hydrogens (tertiary/aromatic N) is 2. The van der Waals surface area contributed by atoms with E-state index in [4.69, 9.17) is 9.73 Å². The number of aliphatic imine (C=N–C) groups is 1. The van der Waals surface area contributed by atoms with Crippen molar-refractivity contribution < 1.29 is 18.2 Å². The summed E-state index contributed by atoms with van der Waals surface area (Å²) in [5.41, 5.74) is 7.53. The molecule has 0 spiro atoms. The van der Waals surface area contributed by atoms with Gasteiger partial charge in [0.1, 0.15) is 5.75 Å². The number of ether oxygens (including phenoxy) is 1. The number of carbonyl (C=O) groups is 1. The summed E-state index contributed by atoms with van der Waals surface area (Å²) in [4.78, 5) is 16.5. The van der Waals surface area contributed by atoms with Crippen molar-refractivity contribution in [3.05, 3.63) is 106 Å². The van der Waals surface area contributed by atoms with E-state index in [1.165, 1.54) is 18.7 Å². The molecule has 5 nitrogen and oxygen atoms in total. The highest BCUT2D eigenvalue weighted by atomic mass is 19.2. The molecular weight excluding hydrogens is 543 g/mol. The van der Waals surface area contributed by atoms with Crippen LogP contribution in [-0.2, 0) is 15.6 Å². The number of aromatic nitrogens is 1. The van der Waals surface area contributed by atoms with Crippen LogP contribution in [0, 0.1) is 0 Å². The molecule has 3 aromatic rings. The van der Waals surface area contributed by atoms with Crippen molar-refractivity contribution in [2.24, 2.45) is 4.99 Å². The summed E-state index contributed by atoms with van der Waals surface area (Å²) in [6.45, 7) is 16.5. The van der Waals surface area contributed by atoms with E-state index in [0.717, 1.165) is 26.9 Å². The first-order valence-electron chi connectivity index (χ1n) is 14.4. The summed E-state index contributed by atoms with van der Waals surface area (Å²) in [6.07, 6.45) is 7.28. The first-order valence-corrected chi connectivity index (χ1v) is 14.4. The van der Waals surface area contributed by atoms with Crippen LogP contribution < -0.4 is 10.1 Å². The Hall–Kier alpha value is -4.20. The molecule has 0 fully saturated rings. The number of anilines is 1. The van der Waals surface area contributed by atoms with Gasteiger partial charge in [0.05, 0.1) is 18.5 Å². The number of benzene rings is 2. The molecule has 43 heavy (non-hydrogen) atoms. The molecule has 0 radical (unpaired) electrons. The van der Waals surface area contributed by atoms with Gasteiger partial charge >= 0.3 is 7.40 Å². The molecule has 0 bridgehead atoms. The van der Waals surface area contributed by atoms with Gasteiger partial charge in [-0.3, -0.25) is 13.4 Å². The third-order valence-electron chi connectivity index (χ3n) is 7.38. The highest BCUT2D eigenvalue weighted by Gasteiger charge is 2.27. The van der Waals surface area contributed by atoms with Crippen LogP contribution in [0.2, 0.25) is 0 Å². The first kappa shape index (κ1) is 31.7. The molecule has 1 aliphatic rings. The van der Waals surface area contributed by atoms with E-state index in [2.05, 4.69) is 59.0 Å². The van der Waals surface area contributed by atoms with Gasteiger partial charge in [-0.1, -0.05) is 59.7 Å². The highest BCUT2D eigenvalue weighted by Crippen LogP contribution is 2.39. The van der Waals surface area contributed by atoms with Crippen molar-refractivity contribution in [3.8, 4) is 5.75 Å². The molecule has 0 aliphatic carbocycles. The molecule has 1 aromatic heterocycles. The van der Waals surface area contributed by atoms with E-state index in [0.29, 0.717) is 33.9 Å². The maximum Gasteiger partial charge on any atom is 0.677 e. The summed E-state index contributed by atoms with van der Waals surface area (Å²) >= 11 is 0. The fourth-order valence-corrected chi connectivity index (χ4v) is 5.15. The summed E-state index contributed by atoms with van der Waals surface area (Å²) in [7, 11) is -1.02. The fraction of sp³-hybridized carbons (Fsp3) is 0.314. The Labute approximate surface area is 254 Å². The van der Waals surface area contributed by atoms with E-state index in [9.17, 15) is 13.4 Å². The Balaban J connectivity index is 1.86. The normalized spacial score (nSPS) is 15.0. The minimum absolute atomic E-state index is 0.0594. The van der Waals surface area contributed by atoms with Gasteiger partial charge in [-0.15, -0.1) is 0 Å². The molecule has 8 heteroatoms. The second-order valence-corrected chi connectivity index (χ2v) is 12.9. The zero-order valence-electron chi connectivity index (χ0n) is 26.5. The van der Waals surface area contributed by atoms with Crippen molar-refractivity contribution in [2.45, 2.75) is 66.2 Å². The summed E-state index contributed by atoms with van der Waals surface area (Å²) in [6, 6.07) is 14.8. The quantitative estimate of drug-likeness (QED) is 0.283. The van der Waals surface area contributed by atoms with Gasteiger partial charge in [-0.05, 0) is 89.2 Å². The van der Waals surface area contributed by atoms with E-state index >= 15 is 0 Å². The lowest BCUT2D eigenvalue weighted by Gasteiger charge is -2.28. The van der Waals surface area contributed by atoms with Gasteiger partial charge in [0.2, 0.25) is 5.91 Å². The standard InChI is InChI=1S/C35H40BF2N3O2/c1-22-19-28(17-14-25-20-26(34(3,4)5)21-29(33(25)43-9)35(6,7)8)40-32(22)31(30-11-10-18-41(30)36(37)38)24-12-15-27(16-13-24)39-23(2)42/h10-21H,1-9H3,(H,39,42)/b17-14+,32-31-. The number of nitrogens with one attached hydrogen (secondary N) is 1. The Morgan fingerprint density at radius 1 is 1.00 bits per heavy atom. The Morgan fingerprint density at radius 3 is 2.23 bits per heavy atom. The van der Waals surface area contributed by atoms with Crippen molar-refractivity contribution in [1.29, 1.82) is 0 Å². The van der Waals surface area contributed by atoms with Crippen LogP contribution in [0.5, 0.6) is 5.75 Å². The Bertz CT molecular complexity index is 1650. The number of halogens is 2. The minimum atomic E-state index is -2.71. The molecule has 0 saturated heterocycles. The van der Waals surface area contributed by atoms with Crippen molar-refractivity contribution in [1.82, 2.24) is 4.48 Å². The van der Waals surface area contributed by atoms with Crippen LogP contribution in [0.25, 0.3) is 11.6 Å². The van der Waals surface area contributed by atoms with Crippen LogP contribution in [0.4, 0.5) is 14.3 Å². The molecule has 0 saturated carbocycles. The van der Waals surface area contributed by atoms with Gasteiger partial charge in [0.25, 0.3) is 0 Å². The third kappa shape index (κ3) is 7.07. The lowest BCUT2D eigenvalue weighted by Crippen LogP contribution is -2.18. The van der Waals surface area contributed by atoms with Crippen LogP contribution in [0.3, 0.4) is 0 Å². The number of methoxy groups -OCH3 is 1. The van der Waals surface area contributed by atoms with E-state index < -0.39 is 7.40 Å². The zero-order valence-corrected chi connectivity index (χ0v) is 26.5. The van der Waals surface area contributed by atoms with Crippen molar-refractivity contribution in [3.63, 3.8) is 0 Å². The monoisotopic (exact) mass is 583 g/mol. The van der Waals surface area contributed by atoms with Crippen molar-refractivity contribution >= 4 is 36.4 Å². The second-order valence-electron chi connectivity index (χ2n) is 12.9. The van der Waals surface area contributed by atoms with Crippen LogP contribution in [0.15, 0.2) is 83.1 Å². The molecule has 1 amide bonds. The molecule has 0 atom stereocenters. The molecule has 4 rings (SSSR count). The summed E-state index contributed by atoms with van der Waals surface area (Å²) in [5.74, 6) is 0.634. The van der Waals surface area contributed by atoms with Crippen LogP contribution >= 0.6 is 0 Å². The Kier molecular flexibility index (Phi) is 9.00. The minimum Gasteiger partial charge on any atom is -0.496 e. The molecule has 2 heterocycles. The van der Waals surface area contributed by atoms with Gasteiger partial charge < -0.3 is 14.5 Å². The maximum atomic E-state index is 14.0.